The fourth-order valence-electron chi connectivity index (χ4n) is 2.52. The second-order valence-electron chi connectivity index (χ2n) is 4.85. The van der Waals surface area contributed by atoms with Crippen LogP contribution < -0.4 is 9.64 Å². The lowest BCUT2D eigenvalue weighted by Crippen LogP contribution is -2.35. The molecule has 96 valence electrons. The molecule has 0 bridgehead atoms. The van der Waals surface area contributed by atoms with Gasteiger partial charge in [-0.2, -0.15) is 0 Å². The van der Waals surface area contributed by atoms with Crippen molar-refractivity contribution in [2.45, 2.75) is 25.7 Å². The first-order valence-corrected chi connectivity index (χ1v) is 6.12. The number of allylic oxidation sites excluding steroid dienone is 2. The number of ether oxygens (including phenoxy) is 1. The Balaban J connectivity index is 2.54. The Morgan fingerprint density at radius 1 is 1.44 bits per heavy atom. The molecule has 1 atom stereocenters. The van der Waals surface area contributed by atoms with Gasteiger partial charge in [0.1, 0.15) is 5.75 Å². The number of amides is 1. The number of carbonyl (C=O) groups excluding carboxylic acids is 1. The molecule has 3 heteroatoms. The van der Waals surface area contributed by atoms with Crippen molar-refractivity contribution in [2.24, 2.45) is 0 Å². The molecule has 0 N–H and O–H groups in total. The van der Waals surface area contributed by atoms with Crippen LogP contribution in [0.25, 0.3) is 0 Å². The standard InChI is InChI=1S/C15H19NO2/c1-5-6-9-15(2)12-10-11(18-4)7-8-13(12)16(3)14(15)17/h5-8,10H,9H2,1-4H3/b6-5-/t15-/m0/s1. The number of carbonyl (C=O) groups is 1. The summed E-state index contributed by atoms with van der Waals surface area (Å²) in [7, 11) is 3.47. The van der Waals surface area contributed by atoms with Gasteiger partial charge in [-0.05, 0) is 44.0 Å². The van der Waals surface area contributed by atoms with E-state index < -0.39 is 5.41 Å². The highest BCUT2D eigenvalue weighted by Crippen LogP contribution is 2.44. The molecule has 2 rings (SSSR count). The van der Waals surface area contributed by atoms with E-state index in [0.29, 0.717) is 6.42 Å². The smallest absolute Gasteiger partial charge is 0.237 e. The second kappa shape index (κ2) is 4.48. The molecule has 1 heterocycles. The van der Waals surface area contributed by atoms with Gasteiger partial charge < -0.3 is 9.64 Å². The fraction of sp³-hybridized carbons (Fsp3) is 0.400. The first-order chi connectivity index (χ1) is 8.54. The van der Waals surface area contributed by atoms with Crippen LogP contribution in [-0.4, -0.2) is 20.1 Å². The normalized spacial score (nSPS) is 22.7. The summed E-state index contributed by atoms with van der Waals surface area (Å²) in [5.74, 6) is 0.937. The number of anilines is 1. The predicted octanol–water partition coefficient (Wildman–Crippen LogP) is 2.90. The van der Waals surface area contributed by atoms with Crippen LogP contribution in [0.1, 0.15) is 25.8 Å². The molecular weight excluding hydrogens is 226 g/mol. The van der Waals surface area contributed by atoms with Crippen molar-refractivity contribution in [3.05, 3.63) is 35.9 Å². The summed E-state index contributed by atoms with van der Waals surface area (Å²) in [5, 5.41) is 0. The Kier molecular flexibility index (Phi) is 3.16. The molecular formula is C15H19NO2. The summed E-state index contributed by atoms with van der Waals surface area (Å²) in [6.07, 6.45) is 4.74. The number of benzene rings is 1. The first kappa shape index (κ1) is 12.7. The molecule has 1 aromatic carbocycles. The summed E-state index contributed by atoms with van der Waals surface area (Å²) < 4.78 is 5.26. The lowest BCUT2D eigenvalue weighted by molar-refractivity contribution is -0.122. The third-order valence-electron chi connectivity index (χ3n) is 3.70. The molecule has 0 unspecified atom stereocenters. The van der Waals surface area contributed by atoms with Gasteiger partial charge in [-0.3, -0.25) is 4.79 Å². The zero-order valence-electron chi connectivity index (χ0n) is 11.4. The van der Waals surface area contributed by atoms with Crippen molar-refractivity contribution >= 4 is 11.6 Å². The van der Waals surface area contributed by atoms with Gasteiger partial charge in [0.05, 0.1) is 12.5 Å². The maximum Gasteiger partial charge on any atom is 0.237 e. The van der Waals surface area contributed by atoms with E-state index in [0.717, 1.165) is 17.0 Å². The third-order valence-corrected chi connectivity index (χ3v) is 3.70. The number of nitrogens with zero attached hydrogens (tertiary/aromatic N) is 1. The zero-order valence-corrected chi connectivity index (χ0v) is 11.4. The van der Waals surface area contributed by atoms with Gasteiger partial charge >= 0.3 is 0 Å². The molecule has 0 saturated carbocycles. The van der Waals surface area contributed by atoms with Gasteiger partial charge in [0.25, 0.3) is 0 Å². The Morgan fingerprint density at radius 2 is 2.17 bits per heavy atom. The molecule has 18 heavy (non-hydrogen) atoms. The molecule has 3 nitrogen and oxygen atoms in total. The van der Waals surface area contributed by atoms with Gasteiger partial charge in [-0.1, -0.05) is 12.2 Å². The topological polar surface area (TPSA) is 29.5 Å². The lowest BCUT2D eigenvalue weighted by Gasteiger charge is -2.21. The number of methoxy groups -OCH3 is 1. The van der Waals surface area contributed by atoms with Crippen LogP contribution in [-0.2, 0) is 10.2 Å². The van der Waals surface area contributed by atoms with Gasteiger partial charge in [0.15, 0.2) is 0 Å². The Bertz CT molecular complexity index is 507. The Hall–Kier alpha value is -1.77. The summed E-state index contributed by atoms with van der Waals surface area (Å²) >= 11 is 0. The molecule has 0 aliphatic carbocycles. The lowest BCUT2D eigenvalue weighted by atomic mass is 9.80. The average molecular weight is 245 g/mol. The van der Waals surface area contributed by atoms with Crippen molar-refractivity contribution in [3.63, 3.8) is 0 Å². The Labute approximate surface area is 108 Å². The van der Waals surface area contributed by atoms with Crippen molar-refractivity contribution in [3.8, 4) is 5.75 Å². The molecule has 1 aliphatic heterocycles. The summed E-state index contributed by atoms with van der Waals surface area (Å²) in [6, 6.07) is 5.82. The maximum atomic E-state index is 12.4. The van der Waals surface area contributed by atoms with Gasteiger partial charge in [0.2, 0.25) is 5.91 Å². The van der Waals surface area contributed by atoms with Crippen LogP contribution in [0.2, 0.25) is 0 Å². The molecule has 0 spiro atoms. The maximum absolute atomic E-state index is 12.4. The summed E-state index contributed by atoms with van der Waals surface area (Å²) in [4.78, 5) is 14.2. The van der Waals surface area contributed by atoms with E-state index in [9.17, 15) is 4.79 Å². The molecule has 1 aliphatic rings. The predicted molar refractivity (Wildman–Crippen MR) is 73.2 cm³/mol. The van der Waals surface area contributed by atoms with E-state index in [4.69, 9.17) is 4.74 Å². The van der Waals surface area contributed by atoms with Gasteiger partial charge in [-0.25, -0.2) is 0 Å². The minimum Gasteiger partial charge on any atom is -0.497 e. The highest BCUT2D eigenvalue weighted by molar-refractivity contribution is 6.07. The third kappa shape index (κ3) is 1.70. The molecule has 0 radical (unpaired) electrons. The number of fused-ring (bicyclic) bond motifs is 1. The SMILES string of the molecule is C/C=C\C[C@]1(C)C(=O)N(C)c2ccc(OC)cc21. The van der Waals surface area contributed by atoms with E-state index in [1.54, 1.807) is 12.0 Å². The van der Waals surface area contributed by atoms with Crippen LogP contribution in [0.4, 0.5) is 5.69 Å². The highest BCUT2D eigenvalue weighted by Gasteiger charge is 2.45. The largest absolute Gasteiger partial charge is 0.497 e. The van der Waals surface area contributed by atoms with Crippen LogP contribution >= 0.6 is 0 Å². The van der Waals surface area contributed by atoms with Crippen LogP contribution in [0.3, 0.4) is 0 Å². The molecule has 0 saturated heterocycles. The van der Waals surface area contributed by atoms with Gasteiger partial charge in [0, 0.05) is 12.7 Å². The molecule has 0 aromatic heterocycles. The van der Waals surface area contributed by atoms with E-state index in [-0.39, 0.29) is 5.91 Å². The molecule has 1 amide bonds. The van der Waals surface area contributed by atoms with Crippen LogP contribution in [0.15, 0.2) is 30.4 Å². The van der Waals surface area contributed by atoms with Crippen molar-refractivity contribution in [1.82, 2.24) is 0 Å². The minimum absolute atomic E-state index is 0.142. The van der Waals surface area contributed by atoms with Gasteiger partial charge in [-0.15, -0.1) is 0 Å². The minimum atomic E-state index is -0.481. The Morgan fingerprint density at radius 3 is 2.78 bits per heavy atom. The summed E-state index contributed by atoms with van der Waals surface area (Å²) in [5.41, 5.74) is 1.55. The van der Waals surface area contributed by atoms with E-state index >= 15 is 0 Å². The summed E-state index contributed by atoms with van der Waals surface area (Å²) in [6.45, 7) is 3.97. The number of likely N-dealkylation sites (N-methyl/N-ethyl adjacent to an activating group) is 1. The van der Waals surface area contributed by atoms with Crippen molar-refractivity contribution in [2.75, 3.05) is 19.1 Å². The number of rotatable bonds is 3. The van der Waals surface area contributed by atoms with Crippen LogP contribution in [0, 0.1) is 0 Å². The monoisotopic (exact) mass is 245 g/mol. The average Bonchev–Trinajstić information content (AvgIpc) is 2.59. The molecule has 0 fully saturated rings. The molecule has 1 aromatic rings. The van der Waals surface area contributed by atoms with Crippen molar-refractivity contribution in [1.29, 1.82) is 0 Å². The zero-order chi connectivity index (χ0) is 13.3. The van der Waals surface area contributed by atoms with E-state index in [1.165, 1.54) is 0 Å². The first-order valence-electron chi connectivity index (χ1n) is 6.12. The van der Waals surface area contributed by atoms with Crippen molar-refractivity contribution < 1.29 is 9.53 Å². The van der Waals surface area contributed by atoms with E-state index in [2.05, 4.69) is 0 Å². The van der Waals surface area contributed by atoms with Crippen LogP contribution in [0.5, 0.6) is 5.75 Å². The quantitative estimate of drug-likeness (QED) is 0.766. The fourth-order valence-corrected chi connectivity index (χ4v) is 2.52. The van der Waals surface area contributed by atoms with E-state index in [1.807, 2.05) is 51.2 Å². The number of hydrogen-bond acceptors (Lipinski definition) is 2. The second-order valence-corrected chi connectivity index (χ2v) is 4.85. The highest BCUT2D eigenvalue weighted by atomic mass is 16.5. The number of hydrogen-bond donors (Lipinski definition) is 0.